The van der Waals surface area contributed by atoms with Crippen LogP contribution in [0.25, 0.3) is 0 Å². The van der Waals surface area contributed by atoms with Crippen LogP contribution in [0, 0.1) is 11.8 Å². The highest BCUT2D eigenvalue weighted by Crippen LogP contribution is 2.47. The van der Waals surface area contributed by atoms with Gasteiger partial charge in [0.1, 0.15) is 11.3 Å². The van der Waals surface area contributed by atoms with Gasteiger partial charge in [-0.3, -0.25) is 9.59 Å². The highest BCUT2D eigenvalue weighted by Gasteiger charge is 2.57. The fraction of sp³-hybridized carbons (Fsp3) is 0.429. The third kappa shape index (κ3) is 2.75. The summed E-state index contributed by atoms with van der Waals surface area (Å²) in [6.45, 7) is 0. The average molecular weight is 279 g/mol. The minimum absolute atomic E-state index is 0.107. The number of aliphatic carboxylic acids is 2. The molecule has 0 radical (unpaired) electrons. The minimum Gasteiger partial charge on any atom is -0.508 e. The molecule has 0 aromatic heterocycles. The van der Waals surface area contributed by atoms with Crippen molar-refractivity contribution in [2.75, 3.05) is 0 Å². The molecule has 108 valence electrons. The molecular weight excluding hydrogens is 262 g/mol. The molecule has 2 rings (SSSR count). The summed E-state index contributed by atoms with van der Waals surface area (Å²) in [5.74, 6) is -3.26. The summed E-state index contributed by atoms with van der Waals surface area (Å²) in [5, 5.41) is 27.6. The number of aromatic hydroxyl groups is 1. The van der Waals surface area contributed by atoms with Crippen LogP contribution in [0.5, 0.6) is 5.75 Å². The number of phenols is 1. The number of rotatable bonds is 6. The summed E-state index contributed by atoms with van der Waals surface area (Å²) in [5.41, 5.74) is 5.17. The molecule has 1 aliphatic carbocycles. The van der Waals surface area contributed by atoms with Crippen LogP contribution in [-0.2, 0) is 16.0 Å². The first-order valence-electron chi connectivity index (χ1n) is 6.37. The van der Waals surface area contributed by atoms with Gasteiger partial charge in [-0.2, -0.15) is 0 Å². The first kappa shape index (κ1) is 14.3. The Kier molecular flexibility index (Phi) is 3.67. The topological polar surface area (TPSA) is 121 Å². The van der Waals surface area contributed by atoms with E-state index in [4.69, 9.17) is 10.8 Å². The molecule has 1 aromatic carbocycles. The zero-order valence-corrected chi connectivity index (χ0v) is 10.8. The number of aryl methyl sites for hydroxylation is 1. The Morgan fingerprint density at radius 2 is 2.05 bits per heavy atom. The number of carboxylic acid groups (broad SMARTS) is 2. The van der Waals surface area contributed by atoms with E-state index >= 15 is 0 Å². The minimum atomic E-state index is -1.53. The maximum atomic E-state index is 11.4. The zero-order valence-electron chi connectivity index (χ0n) is 10.8. The van der Waals surface area contributed by atoms with Gasteiger partial charge >= 0.3 is 11.9 Å². The van der Waals surface area contributed by atoms with Crippen LogP contribution in [0.1, 0.15) is 18.4 Å². The van der Waals surface area contributed by atoms with E-state index in [0.717, 1.165) is 5.56 Å². The number of phenolic OH excluding ortho intramolecular Hbond substituents is 1. The van der Waals surface area contributed by atoms with Crippen LogP contribution < -0.4 is 5.73 Å². The molecule has 0 amide bonds. The highest BCUT2D eigenvalue weighted by atomic mass is 16.4. The number of nitrogens with two attached hydrogens (primary N) is 1. The second-order valence-corrected chi connectivity index (χ2v) is 5.30. The van der Waals surface area contributed by atoms with Gasteiger partial charge in [-0.15, -0.1) is 0 Å². The van der Waals surface area contributed by atoms with E-state index in [1.54, 1.807) is 18.2 Å². The third-order valence-electron chi connectivity index (χ3n) is 3.91. The van der Waals surface area contributed by atoms with Crippen LogP contribution in [0.15, 0.2) is 24.3 Å². The molecule has 5 N–H and O–H groups in total. The van der Waals surface area contributed by atoms with Crippen LogP contribution in [0.4, 0.5) is 0 Å². The Labute approximate surface area is 115 Å². The average Bonchev–Trinajstić information content (AvgIpc) is 3.16. The molecule has 0 saturated heterocycles. The lowest BCUT2D eigenvalue weighted by molar-refractivity contribution is -0.145. The molecule has 3 atom stereocenters. The maximum Gasteiger partial charge on any atom is 0.324 e. The summed E-state index contributed by atoms with van der Waals surface area (Å²) < 4.78 is 0. The molecular formula is C14H17NO5. The van der Waals surface area contributed by atoms with Crippen molar-refractivity contribution in [2.24, 2.45) is 17.6 Å². The van der Waals surface area contributed by atoms with Crippen molar-refractivity contribution < 1.29 is 24.9 Å². The Hall–Kier alpha value is -2.08. The normalized spacial score (nSPS) is 23.9. The molecule has 6 heteroatoms. The van der Waals surface area contributed by atoms with Gasteiger partial charge in [0.15, 0.2) is 0 Å². The van der Waals surface area contributed by atoms with E-state index in [9.17, 15) is 19.8 Å². The maximum absolute atomic E-state index is 11.4. The van der Waals surface area contributed by atoms with Gasteiger partial charge in [0.05, 0.1) is 5.92 Å². The van der Waals surface area contributed by atoms with E-state index in [-0.39, 0.29) is 12.2 Å². The molecule has 1 fully saturated rings. The summed E-state index contributed by atoms with van der Waals surface area (Å²) in [7, 11) is 0. The van der Waals surface area contributed by atoms with Crippen molar-refractivity contribution >= 4 is 11.9 Å². The number of carbonyl (C=O) groups is 2. The van der Waals surface area contributed by atoms with Gasteiger partial charge in [0.25, 0.3) is 0 Å². The van der Waals surface area contributed by atoms with E-state index in [1.165, 1.54) is 6.07 Å². The lowest BCUT2D eigenvalue weighted by atomic mass is 9.86. The largest absolute Gasteiger partial charge is 0.508 e. The molecule has 0 aliphatic heterocycles. The van der Waals surface area contributed by atoms with Crippen molar-refractivity contribution in [2.45, 2.75) is 24.8 Å². The first-order valence-corrected chi connectivity index (χ1v) is 6.37. The Balaban J connectivity index is 2.07. The van der Waals surface area contributed by atoms with Crippen LogP contribution >= 0.6 is 0 Å². The monoisotopic (exact) mass is 279 g/mol. The predicted molar refractivity (Wildman–Crippen MR) is 70.2 cm³/mol. The van der Waals surface area contributed by atoms with Gasteiger partial charge in [-0.1, -0.05) is 12.1 Å². The summed E-state index contributed by atoms with van der Waals surface area (Å²) in [4.78, 5) is 22.3. The van der Waals surface area contributed by atoms with E-state index < -0.39 is 29.3 Å². The van der Waals surface area contributed by atoms with Crippen LogP contribution in [0.2, 0.25) is 0 Å². The second-order valence-electron chi connectivity index (χ2n) is 5.30. The SMILES string of the molecule is NC(CCc1cccc(O)c1)(C(=O)O)C1CC1C(=O)O. The van der Waals surface area contributed by atoms with Crippen LogP contribution in [0.3, 0.4) is 0 Å². The Bertz CT molecular complexity index is 544. The van der Waals surface area contributed by atoms with Crippen molar-refractivity contribution in [3.05, 3.63) is 29.8 Å². The summed E-state index contributed by atoms with van der Waals surface area (Å²) in [6, 6.07) is 6.51. The van der Waals surface area contributed by atoms with E-state index in [0.29, 0.717) is 12.8 Å². The van der Waals surface area contributed by atoms with E-state index in [1.807, 2.05) is 0 Å². The quantitative estimate of drug-likeness (QED) is 0.612. The summed E-state index contributed by atoms with van der Waals surface area (Å²) >= 11 is 0. The predicted octanol–water partition coefficient (Wildman–Crippen LogP) is 0.828. The molecule has 1 aromatic rings. The molecule has 0 heterocycles. The van der Waals surface area contributed by atoms with Crippen molar-refractivity contribution in [3.8, 4) is 5.75 Å². The Morgan fingerprint density at radius 1 is 1.35 bits per heavy atom. The number of benzene rings is 1. The highest BCUT2D eigenvalue weighted by molar-refractivity contribution is 5.83. The second kappa shape index (κ2) is 5.13. The molecule has 20 heavy (non-hydrogen) atoms. The lowest BCUT2D eigenvalue weighted by Gasteiger charge is -2.25. The van der Waals surface area contributed by atoms with Gasteiger partial charge in [-0.05, 0) is 37.0 Å². The molecule has 1 saturated carbocycles. The first-order chi connectivity index (χ1) is 9.34. The van der Waals surface area contributed by atoms with Gasteiger partial charge in [0, 0.05) is 5.92 Å². The number of hydrogen-bond acceptors (Lipinski definition) is 4. The van der Waals surface area contributed by atoms with Gasteiger partial charge in [0.2, 0.25) is 0 Å². The Morgan fingerprint density at radius 3 is 2.55 bits per heavy atom. The van der Waals surface area contributed by atoms with E-state index in [2.05, 4.69) is 0 Å². The smallest absolute Gasteiger partial charge is 0.324 e. The molecule has 6 nitrogen and oxygen atoms in total. The molecule has 0 spiro atoms. The molecule has 3 unspecified atom stereocenters. The molecule has 0 bridgehead atoms. The fourth-order valence-corrected chi connectivity index (χ4v) is 2.55. The van der Waals surface area contributed by atoms with Gasteiger partial charge in [-0.25, -0.2) is 0 Å². The van der Waals surface area contributed by atoms with Crippen molar-refractivity contribution in [1.29, 1.82) is 0 Å². The third-order valence-corrected chi connectivity index (χ3v) is 3.91. The number of carboxylic acids is 2. The van der Waals surface area contributed by atoms with Crippen LogP contribution in [-0.4, -0.2) is 32.8 Å². The zero-order chi connectivity index (χ0) is 14.9. The van der Waals surface area contributed by atoms with Gasteiger partial charge < -0.3 is 21.1 Å². The lowest BCUT2D eigenvalue weighted by Crippen LogP contribution is -2.51. The van der Waals surface area contributed by atoms with Crippen molar-refractivity contribution in [3.63, 3.8) is 0 Å². The number of hydrogen-bond donors (Lipinski definition) is 4. The van der Waals surface area contributed by atoms with Crippen molar-refractivity contribution in [1.82, 2.24) is 0 Å². The standard InChI is InChI=1S/C14H17NO5/c15-14(13(19)20,11-7-10(11)12(17)18)5-4-8-2-1-3-9(16)6-8/h1-3,6,10-11,16H,4-5,7,15H2,(H,17,18)(H,19,20). The molecule has 1 aliphatic rings. The fourth-order valence-electron chi connectivity index (χ4n) is 2.55. The summed E-state index contributed by atoms with van der Waals surface area (Å²) in [6.07, 6.45) is 0.818.